The number of ether oxygens (including phenoxy) is 2. The Morgan fingerprint density at radius 3 is 2.70 bits per heavy atom. The molecule has 0 bridgehead atoms. The SMILES string of the molecule is CC(C)N1CCC(NCC2COCCN2C(=O)OC(C)(C)C)C1. The van der Waals surface area contributed by atoms with Crippen molar-refractivity contribution in [3.63, 3.8) is 0 Å². The molecule has 2 atom stereocenters. The van der Waals surface area contributed by atoms with E-state index in [1.54, 1.807) is 0 Å². The predicted octanol–water partition coefficient (Wildman–Crippen LogP) is 1.69. The highest BCUT2D eigenvalue weighted by atomic mass is 16.6. The molecule has 2 saturated heterocycles. The molecular formula is C17H33N3O3. The van der Waals surface area contributed by atoms with Crippen molar-refractivity contribution in [1.29, 1.82) is 0 Å². The van der Waals surface area contributed by atoms with Crippen LogP contribution in [0.25, 0.3) is 0 Å². The van der Waals surface area contributed by atoms with Crippen molar-refractivity contribution in [3.8, 4) is 0 Å². The monoisotopic (exact) mass is 327 g/mol. The van der Waals surface area contributed by atoms with Gasteiger partial charge >= 0.3 is 6.09 Å². The molecule has 0 aromatic carbocycles. The van der Waals surface area contributed by atoms with E-state index in [9.17, 15) is 4.79 Å². The zero-order valence-electron chi connectivity index (χ0n) is 15.3. The lowest BCUT2D eigenvalue weighted by atomic mass is 10.2. The van der Waals surface area contributed by atoms with Crippen LogP contribution < -0.4 is 5.32 Å². The van der Waals surface area contributed by atoms with Crippen LogP contribution in [-0.2, 0) is 9.47 Å². The van der Waals surface area contributed by atoms with E-state index < -0.39 is 5.60 Å². The van der Waals surface area contributed by atoms with Crippen molar-refractivity contribution in [2.24, 2.45) is 0 Å². The molecule has 2 aliphatic rings. The molecule has 6 heteroatoms. The molecule has 6 nitrogen and oxygen atoms in total. The molecule has 2 unspecified atom stereocenters. The minimum atomic E-state index is -0.462. The molecule has 2 rings (SSSR count). The summed E-state index contributed by atoms with van der Waals surface area (Å²) in [5.41, 5.74) is -0.462. The average Bonchev–Trinajstić information content (AvgIpc) is 2.92. The quantitative estimate of drug-likeness (QED) is 0.852. The van der Waals surface area contributed by atoms with E-state index in [0.717, 1.165) is 26.1 Å². The zero-order chi connectivity index (χ0) is 17.0. The number of hydrogen-bond donors (Lipinski definition) is 1. The number of nitrogens with zero attached hydrogens (tertiary/aromatic N) is 2. The smallest absolute Gasteiger partial charge is 0.410 e. The zero-order valence-corrected chi connectivity index (χ0v) is 15.3. The van der Waals surface area contributed by atoms with Crippen molar-refractivity contribution in [3.05, 3.63) is 0 Å². The Hall–Kier alpha value is -0.850. The highest BCUT2D eigenvalue weighted by molar-refractivity contribution is 5.68. The van der Waals surface area contributed by atoms with Crippen LogP contribution in [0.3, 0.4) is 0 Å². The number of hydrogen-bond acceptors (Lipinski definition) is 5. The second-order valence-corrected chi connectivity index (χ2v) is 7.89. The maximum absolute atomic E-state index is 12.4. The van der Waals surface area contributed by atoms with Gasteiger partial charge in [-0.3, -0.25) is 9.80 Å². The predicted molar refractivity (Wildman–Crippen MR) is 90.7 cm³/mol. The second-order valence-electron chi connectivity index (χ2n) is 7.89. The van der Waals surface area contributed by atoms with Gasteiger partial charge in [0.2, 0.25) is 0 Å². The van der Waals surface area contributed by atoms with Crippen LogP contribution in [-0.4, -0.2) is 79.0 Å². The Morgan fingerprint density at radius 2 is 2.09 bits per heavy atom. The molecule has 0 spiro atoms. The third-order valence-corrected chi connectivity index (χ3v) is 4.45. The molecule has 0 aliphatic carbocycles. The molecule has 0 aromatic rings. The molecule has 0 radical (unpaired) electrons. The van der Waals surface area contributed by atoms with E-state index in [-0.39, 0.29) is 12.1 Å². The lowest BCUT2D eigenvalue weighted by molar-refractivity contribution is -0.0321. The van der Waals surface area contributed by atoms with Gasteiger partial charge in [0.1, 0.15) is 5.60 Å². The molecular weight excluding hydrogens is 294 g/mol. The third-order valence-electron chi connectivity index (χ3n) is 4.45. The van der Waals surface area contributed by atoms with Crippen molar-refractivity contribution < 1.29 is 14.3 Å². The Morgan fingerprint density at radius 1 is 1.35 bits per heavy atom. The van der Waals surface area contributed by atoms with Crippen molar-refractivity contribution in [1.82, 2.24) is 15.1 Å². The number of nitrogens with one attached hydrogen (secondary N) is 1. The molecule has 2 fully saturated rings. The fourth-order valence-electron chi connectivity index (χ4n) is 3.11. The van der Waals surface area contributed by atoms with Crippen LogP contribution >= 0.6 is 0 Å². The fourth-order valence-corrected chi connectivity index (χ4v) is 3.11. The van der Waals surface area contributed by atoms with E-state index in [1.165, 1.54) is 0 Å². The molecule has 134 valence electrons. The first-order chi connectivity index (χ1) is 10.8. The normalized spacial score (nSPS) is 26.8. The van der Waals surface area contributed by atoms with Gasteiger partial charge in [-0.15, -0.1) is 0 Å². The number of carbonyl (C=O) groups excluding carboxylic acids is 1. The Kier molecular flexibility index (Phi) is 6.28. The Balaban J connectivity index is 1.83. The summed E-state index contributed by atoms with van der Waals surface area (Å²) in [5, 5.41) is 3.61. The van der Waals surface area contributed by atoms with E-state index in [0.29, 0.717) is 31.8 Å². The molecule has 1 amide bonds. The van der Waals surface area contributed by atoms with Gasteiger partial charge in [0.05, 0.1) is 19.3 Å². The van der Waals surface area contributed by atoms with Gasteiger partial charge in [0.25, 0.3) is 0 Å². The van der Waals surface area contributed by atoms with Gasteiger partial charge < -0.3 is 14.8 Å². The largest absolute Gasteiger partial charge is 0.444 e. The minimum absolute atomic E-state index is 0.0479. The summed E-state index contributed by atoms with van der Waals surface area (Å²) in [6, 6.07) is 1.14. The van der Waals surface area contributed by atoms with Crippen molar-refractivity contribution >= 4 is 6.09 Å². The fraction of sp³-hybridized carbons (Fsp3) is 0.941. The molecule has 2 heterocycles. The first-order valence-electron chi connectivity index (χ1n) is 8.81. The van der Waals surface area contributed by atoms with Crippen LogP contribution in [0.15, 0.2) is 0 Å². The highest BCUT2D eigenvalue weighted by Crippen LogP contribution is 2.16. The lowest BCUT2D eigenvalue weighted by Gasteiger charge is -2.37. The third kappa shape index (κ3) is 5.62. The standard InChI is InChI=1S/C17H33N3O3/c1-13(2)19-7-6-14(11-19)18-10-15-12-22-9-8-20(15)16(21)23-17(3,4)5/h13-15,18H,6-12H2,1-5H3. The topological polar surface area (TPSA) is 54.0 Å². The maximum Gasteiger partial charge on any atom is 0.410 e. The molecule has 2 aliphatic heterocycles. The van der Waals surface area contributed by atoms with Crippen molar-refractivity contribution in [2.75, 3.05) is 39.4 Å². The summed E-state index contributed by atoms with van der Waals surface area (Å²) < 4.78 is 11.1. The van der Waals surface area contributed by atoms with E-state index in [1.807, 2.05) is 25.7 Å². The average molecular weight is 327 g/mol. The van der Waals surface area contributed by atoms with Gasteiger partial charge in [0.15, 0.2) is 0 Å². The van der Waals surface area contributed by atoms with Gasteiger partial charge in [-0.05, 0) is 47.6 Å². The summed E-state index contributed by atoms with van der Waals surface area (Å²) >= 11 is 0. The summed E-state index contributed by atoms with van der Waals surface area (Å²) in [5.74, 6) is 0. The van der Waals surface area contributed by atoms with Crippen LogP contribution in [0.4, 0.5) is 4.79 Å². The number of likely N-dealkylation sites (tertiary alicyclic amines) is 1. The minimum Gasteiger partial charge on any atom is -0.444 e. The van der Waals surface area contributed by atoms with E-state index in [2.05, 4.69) is 24.1 Å². The van der Waals surface area contributed by atoms with Gasteiger partial charge in [-0.2, -0.15) is 0 Å². The second kappa shape index (κ2) is 7.81. The summed E-state index contributed by atoms with van der Waals surface area (Å²) in [7, 11) is 0. The maximum atomic E-state index is 12.4. The summed E-state index contributed by atoms with van der Waals surface area (Å²) in [6.45, 7) is 14.9. The summed E-state index contributed by atoms with van der Waals surface area (Å²) in [6.07, 6.45) is 0.931. The van der Waals surface area contributed by atoms with Crippen LogP contribution in [0, 0.1) is 0 Å². The number of amides is 1. The number of rotatable bonds is 4. The highest BCUT2D eigenvalue weighted by Gasteiger charge is 2.32. The Bertz CT molecular complexity index is 395. The molecule has 0 saturated carbocycles. The first kappa shape index (κ1) is 18.5. The number of carbonyl (C=O) groups is 1. The van der Waals surface area contributed by atoms with Gasteiger partial charge in [-0.1, -0.05) is 0 Å². The first-order valence-corrected chi connectivity index (χ1v) is 8.81. The molecule has 0 aromatic heterocycles. The van der Waals surface area contributed by atoms with Crippen LogP contribution in [0.2, 0.25) is 0 Å². The van der Waals surface area contributed by atoms with E-state index >= 15 is 0 Å². The summed E-state index contributed by atoms with van der Waals surface area (Å²) in [4.78, 5) is 16.7. The van der Waals surface area contributed by atoms with E-state index in [4.69, 9.17) is 9.47 Å². The lowest BCUT2D eigenvalue weighted by Crippen LogP contribution is -2.55. The van der Waals surface area contributed by atoms with Crippen molar-refractivity contribution in [2.45, 2.75) is 64.8 Å². The number of morpholine rings is 1. The van der Waals surface area contributed by atoms with Crippen LogP contribution in [0.5, 0.6) is 0 Å². The molecule has 1 N–H and O–H groups in total. The van der Waals surface area contributed by atoms with Gasteiger partial charge in [-0.25, -0.2) is 4.79 Å². The van der Waals surface area contributed by atoms with Gasteiger partial charge in [0, 0.05) is 31.7 Å². The van der Waals surface area contributed by atoms with Crippen LogP contribution in [0.1, 0.15) is 41.0 Å². The Labute approximate surface area is 140 Å². The molecule has 23 heavy (non-hydrogen) atoms.